The maximum atomic E-state index is 13.3. The molecule has 7 nitrogen and oxygen atoms in total. The van der Waals surface area contributed by atoms with Gasteiger partial charge in [-0.05, 0) is 43.5 Å². The van der Waals surface area contributed by atoms with Crippen LogP contribution in [-0.2, 0) is 23.7 Å². The number of thiazole rings is 1. The summed E-state index contributed by atoms with van der Waals surface area (Å²) in [5.74, 6) is 0. The Kier molecular flexibility index (Phi) is 8.19. The van der Waals surface area contributed by atoms with Crippen molar-refractivity contribution >= 4 is 60.8 Å². The third kappa shape index (κ3) is 5.87. The number of fused-ring (bicyclic) bond motifs is 3. The summed E-state index contributed by atoms with van der Waals surface area (Å²) in [6.45, 7) is 4.50. The first-order valence-corrected chi connectivity index (χ1v) is 16.0. The molecule has 2 aromatic heterocycles. The zero-order chi connectivity index (χ0) is 29.3. The third-order valence-electron chi connectivity index (χ3n) is 6.81. The molecule has 3 aromatic carbocycles. The van der Waals surface area contributed by atoms with Crippen LogP contribution in [0.2, 0.25) is 0 Å². The van der Waals surface area contributed by atoms with Crippen molar-refractivity contribution in [3.05, 3.63) is 116 Å². The summed E-state index contributed by atoms with van der Waals surface area (Å²) in [7, 11) is -0.184. The lowest BCUT2D eigenvalue weighted by atomic mass is 10.1. The molecule has 0 saturated heterocycles. The molecule has 3 heterocycles. The van der Waals surface area contributed by atoms with E-state index in [1.807, 2.05) is 43.8 Å². The topological polar surface area (TPSA) is 86.3 Å². The first kappa shape index (κ1) is 28.8. The fraction of sp³-hybridized carbons (Fsp3) is 0.161. The maximum absolute atomic E-state index is 13.3. The summed E-state index contributed by atoms with van der Waals surface area (Å²) in [4.78, 5) is 16.5. The molecule has 0 atom stereocenters. The molecule has 1 aliphatic rings. The van der Waals surface area contributed by atoms with Gasteiger partial charge < -0.3 is 9.45 Å². The van der Waals surface area contributed by atoms with Crippen molar-refractivity contribution in [2.45, 2.75) is 30.2 Å². The summed E-state index contributed by atoms with van der Waals surface area (Å²) in [5, 5.41) is 3.44. The molecule has 1 aliphatic heterocycles. The van der Waals surface area contributed by atoms with Crippen molar-refractivity contribution in [1.29, 1.82) is 0 Å². The molecule has 0 N–H and O–H groups in total. The Bertz CT molecular complexity index is 2050. The van der Waals surface area contributed by atoms with E-state index in [0.29, 0.717) is 6.54 Å². The second-order valence-corrected chi connectivity index (χ2v) is 13.0. The minimum absolute atomic E-state index is 0.0822. The van der Waals surface area contributed by atoms with E-state index in [4.69, 9.17) is 0 Å². The Morgan fingerprint density at radius 3 is 2.37 bits per heavy atom. The number of thioether (sulfide) groups is 1. The highest BCUT2D eigenvalue weighted by Crippen LogP contribution is 2.48. The zero-order valence-corrected chi connectivity index (χ0v) is 25.5. The van der Waals surface area contributed by atoms with E-state index in [9.17, 15) is 17.8 Å². The van der Waals surface area contributed by atoms with Gasteiger partial charge in [0.25, 0.3) is 5.56 Å². The van der Waals surface area contributed by atoms with Crippen LogP contribution < -0.4 is 24.2 Å². The van der Waals surface area contributed by atoms with Gasteiger partial charge in [0, 0.05) is 42.1 Å². The Labute approximate surface area is 247 Å². The van der Waals surface area contributed by atoms with Crippen LogP contribution in [-0.4, -0.2) is 24.6 Å². The number of pyridine rings is 1. The number of nitrogens with zero attached hydrogens (tertiary/aromatic N) is 3. The predicted molar refractivity (Wildman–Crippen MR) is 165 cm³/mol. The fourth-order valence-electron chi connectivity index (χ4n) is 4.62. The third-order valence-corrected chi connectivity index (χ3v) is 10.1. The lowest BCUT2D eigenvalue weighted by molar-refractivity contribution is -0.673. The molecular formula is C31H29N3O4S3. The van der Waals surface area contributed by atoms with Crippen LogP contribution in [0.4, 0.5) is 5.69 Å². The largest absolute Gasteiger partial charge is 0.744 e. The summed E-state index contributed by atoms with van der Waals surface area (Å²) >= 11 is 3.26. The van der Waals surface area contributed by atoms with Gasteiger partial charge in [0.15, 0.2) is 6.20 Å². The maximum Gasteiger partial charge on any atom is 0.271 e. The number of benzene rings is 3. The summed E-state index contributed by atoms with van der Waals surface area (Å²) in [6.07, 6.45) is 4.12. The van der Waals surface area contributed by atoms with Crippen LogP contribution in [0.15, 0.2) is 99.6 Å². The molecule has 0 amide bonds. The van der Waals surface area contributed by atoms with Gasteiger partial charge >= 0.3 is 0 Å². The van der Waals surface area contributed by atoms with Crippen LogP contribution in [0, 0.1) is 6.92 Å². The molecule has 0 bridgehead atoms. The minimum atomic E-state index is -4.27. The van der Waals surface area contributed by atoms with E-state index in [1.165, 1.54) is 33.5 Å². The van der Waals surface area contributed by atoms with E-state index in [0.717, 1.165) is 25.5 Å². The molecule has 5 aromatic rings. The number of hydrogen-bond donors (Lipinski definition) is 0. The summed E-state index contributed by atoms with van der Waals surface area (Å²) < 4.78 is 36.9. The van der Waals surface area contributed by atoms with Crippen molar-refractivity contribution in [2.24, 2.45) is 7.05 Å². The Morgan fingerprint density at radius 2 is 1.68 bits per heavy atom. The van der Waals surface area contributed by atoms with Crippen LogP contribution in [0.3, 0.4) is 0 Å². The zero-order valence-electron chi connectivity index (χ0n) is 23.1. The van der Waals surface area contributed by atoms with Crippen LogP contribution in [0.25, 0.3) is 21.9 Å². The average Bonchev–Trinajstić information content (AvgIpc) is 3.45. The van der Waals surface area contributed by atoms with E-state index >= 15 is 0 Å². The highest BCUT2D eigenvalue weighted by molar-refractivity contribution is 8.08. The molecule has 6 rings (SSSR count). The summed E-state index contributed by atoms with van der Waals surface area (Å²) in [5.41, 5.74) is 3.26. The number of anilines is 1. The number of rotatable bonds is 3. The van der Waals surface area contributed by atoms with Gasteiger partial charge in [0.1, 0.15) is 31.4 Å². The van der Waals surface area contributed by atoms with Crippen LogP contribution >= 0.6 is 23.1 Å². The molecule has 0 fully saturated rings. The van der Waals surface area contributed by atoms with Gasteiger partial charge in [-0.25, -0.2) is 13.0 Å². The van der Waals surface area contributed by atoms with Crippen molar-refractivity contribution in [1.82, 2.24) is 4.57 Å². The molecule has 0 saturated carbocycles. The predicted octanol–water partition coefficient (Wildman–Crippen LogP) is 3.94. The quantitative estimate of drug-likeness (QED) is 0.229. The van der Waals surface area contributed by atoms with E-state index in [1.54, 1.807) is 35.2 Å². The Balaban J connectivity index is 0.000000259. The van der Waals surface area contributed by atoms with E-state index < -0.39 is 10.1 Å². The Hall–Kier alpha value is -3.70. The molecule has 10 heteroatoms. The van der Waals surface area contributed by atoms with Crippen molar-refractivity contribution in [3.63, 3.8) is 0 Å². The standard InChI is InChI=1S/C24H22N3OS2.C7H8O3S/c1-4-27-20(15-17-10-7-8-14-25(17)2)30-22(23(27)28)24-26(3)21-18-11-6-5-9-16(18)12-13-19(21)29-24;1-6-2-4-7(5-3-6)11(8,9)10/h5-15H,4H2,1-3H3;2-5H,1H3,(H,8,9,10)/q+1;/p-1. The SMILES string of the molecule is CCn1c(=Cc2cccc[n+]2C)sc(=C2Sc3ccc4ccccc4c3N2C)c1=O.Cc1ccc(S(=O)(=O)[O-])cc1. The van der Waals surface area contributed by atoms with Crippen molar-refractivity contribution < 1.29 is 17.5 Å². The van der Waals surface area contributed by atoms with Gasteiger partial charge in [-0.1, -0.05) is 59.8 Å². The Morgan fingerprint density at radius 1 is 0.976 bits per heavy atom. The second-order valence-electron chi connectivity index (χ2n) is 9.57. The number of hydrogen-bond acceptors (Lipinski definition) is 7. The molecule has 0 aliphatic carbocycles. The van der Waals surface area contributed by atoms with Gasteiger partial charge in [0.2, 0.25) is 5.69 Å². The summed E-state index contributed by atoms with van der Waals surface area (Å²) in [6, 6.07) is 24.6. The van der Waals surface area contributed by atoms with E-state index in [-0.39, 0.29) is 10.5 Å². The van der Waals surface area contributed by atoms with Gasteiger partial charge in [-0.3, -0.25) is 9.36 Å². The molecule has 0 radical (unpaired) electrons. The second kappa shape index (κ2) is 11.7. The van der Waals surface area contributed by atoms with E-state index in [2.05, 4.69) is 65.1 Å². The van der Waals surface area contributed by atoms with Gasteiger partial charge in [0.05, 0.1) is 10.6 Å². The van der Waals surface area contributed by atoms with Crippen molar-refractivity contribution in [3.8, 4) is 0 Å². The monoisotopic (exact) mass is 603 g/mol. The molecule has 41 heavy (non-hydrogen) atoms. The number of aromatic nitrogens is 2. The van der Waals surface area contributed by atoms with Crippen LogP contribution in [0.5, 0.6) is 0 Å². The number of aryl methyl sites for hydroxylation is 2. The van der Waals surface area contributed by atoms with Crippen molar-refractivity contribution in [2.75, 3.05) is 11.9 Å². The first-order valence-electron chi connectivity index (χ1n) is 12.9. The smallest absolute Gasteiger partial charge is 0.271 e. The van der Waals surface area contributed by atoms with Gasteiger partial charge in [-0.2, -0.15) is 0 Å². The lowest BCUT2D eigenvalue weighted by Crippen LogP contribution is -2.34. The molecule has 0 unspecified atom stereocenters. The molecule has 210 valence electrons. The average molecular weight is 604 g/mol. The molecule has 0 spiro atoms. The van der Waals surface area contributed by atoms with Crippen LogP contribution in [0.1, 0.15) is 18.2 Å². The normalized spacial score (nSPS) is 14.7. The fourth-order valence-corrected chi connectivity index (χ4v) is 7.57. The minimum Gasteiger partial charge on any atom is -0.744 e. The van der Waals surface area contributed by atoms with Gasteiger partial charge in [-0.15, -0.1) is 11.3 Å². The molecular weight excluding hydrogens is 575 g/mol. The highest BCUT2D eigenvalue weighted by Gasteiger charge is 2.26. The lowest BCUT2D eigenvalue weighted by Gasteiger charge is -2.15. The highest BCUT2D eigenvalue weighted by atomic mass is 32.2. The first-order chi connectivity index (χ1) is 19.6.